The van der Waals surface area contributed by atoms with E-state index in [2.05, 4.69) is 4.98 Å². The van der Waals surface area contributed by atoms with Crippen molar-refractivity contribution in [3.05, 3.63) is 22.1 Å². The maximum absolute atomic E-state index is 11.5. The third-order valence-electron chi connectivity index (χ3n) is 3.24. The Morgan fingerprint density at radius 3 is 2.75 bits per heavy atom. The number of aliphatic hydroxyl groups is 2. The highest BCUT2D eigenvalue weighted by Gasteiger charge is 2.43. The van der Waals surface area contributed by atoms with Crippen LogP contribution in [0.3, 0.4) is 0 Å². The van der Waals surface area contributed by atoms with E-state index in [1.807, 2.05) is 6.26 Å². The first-order chi connectivity index (χ1) is 9.47. The van der Waals surface area contributed by atoms with Crippen LogP contribution in [0.15, 0.2) is 16.1 Å². The Labute approximate surface area is 120 Å². The Kier molecular flexibility index (Phi) is 4.82. The molecule has 0 aliphatic carbocycles. The third kappa shape index (κ3) is 2.89. The van der Waals surface area contributed by atoms with Crippen molar-refractivity contribution < 1.29 is 19.7 Å². The zero-order chi connectivity index (χ0) is 14.9. The lowest BCUT2D eigenvalue weighted by atomic mass is 10.1. The van der Waals surface area contributed by atoms with Crippen LogP contribution in [-0.2, 0) is 16.0 Å². The van der Waals surface area contributed by atoms with Gasteiger partial charge < -0.3 is 24.3 Å². The van der Waals surface area contributed by atoms with E-state index in [9.17, 15) is 15.0 Å². The predicted octanol–water partition coefficient (Wildman–Crippen LogP) is -0.633. The molecule has 0 radical (unpaired) electrons. The highest BCUT2D eigenvalue weighted by Crippen LogP contribution is 2.24. The number of aryl methyl sites for hydroxylation is 1. The van der Waals surface area contributed by atoms with E-state index in [0.29, 0.717) is 10.7 Å². The van der Waals surface area contributed by atoms with Crippen LogP contribution < -0.4 is 5.56 Å². The number of nitrogens with zero attached hydrogens (tertiary/aromatic N) is 2. The summed E-state index contributed by atoms with van der Waals surface area (Å²) in [6.07, 6.45) is -0.118. The fourth-order valence-corrected chi connectivity index (χ4v) is 2.67. The number of aromatic nitrogens is 2. The van der Waals surface area contributed by atoms with Crippen molar-refractivity contribution in [2.75, 3.05) is 13.4 Å². The average molecular weight is 302 g/mol. The largest absolute Gasteiger partial charge is 0.387 e. The van der Waals surface area contributed by atoms with Gasteiger partial charge in [-0.25, -0.2) is 0 Å². The van der Waals surface area contributed by atoms with Gasteiger partial charge in [0, 0.05) is 18.9 Å². The van der Waals surface area contributed by atoms with E-state index < -0.39 is 24.6 Å². The summed E-state index contributed by atoms with van der Waals surface area (Å²) in [6, 6.07) is 0. The van der Waals surface area contributed by atoms with E-state index in [4.69, 9.17) is 9.47 Å². The molecule has 1 fully saturated rings. The molecule has 1 aliphatic rings. The SMILES string of the molecule is COC1OC(Cn2cc(C)c(=O)nc2SC)C(O)C1O. The second kappa shape index (κ2) is 6.23. The van der Waals surface area contributed by atoms with Gasteiger partial charge in [0.25, 0.3) is 5.56 Å². The summed E-state index contributed by atoms with van der Waals surface area (Å²) < 4.78 is 12.1. The van der Waals surface area contributed by atoms with Crippen LogP contribution in [0.1, 0.15) is 5.56 Å². The topological polar surface area (TPSA) is 93.8 Å². The lowest BCUT2D eigenvalue weighted by molar-refractivity contribution is -0.150. The van der Waals surface area contributed by atoms with E-state index in [0.717, 1.165) is 0 Å². The molecule has 0 saturated carbocycles. The van der Waals surface area contributed by atoms with Crippen molar-refractivity contribution in [1.29, 1.82) is 0 Å². The van der Waals surface area contributed by atoms with Crippen molar-refractivity contribution in [3.63, 3.8) is 0 Å². The Bertz CT molecular complexity index is 535. The van der Waals surface area contributed by atoms with Gasteiger partial charge in [0.2, 0.25) is 0 Å². The molecule has 0 aromatic carbocycles. The highest BCUT2D eigenvalue weighted by molar-refractivity contribution is 7.98. The van der Waals surface area contributed by atoms with Crippen LogP contribution in [0, 0.1) is 6.92 Å². The molecule has 4 atom stereocenters. The van der Waals surface area contributed by atoms with Gasteiger partial charge in [0.15, 0.2) is 11.4 Å². The van der Waals surface area contributed by atoms with Crippen LogP contribution in [0.5, 0.6) is 0 Å². The second-order valence-corrected chi connectivity index (χ2v) is 5.40. The number of hydrogen-bond donors (Lipinski definition) is 2. The Hall–Kier alpha value is -0.930. The highest BCUT2D eigenvalue weighted by atomic mass is 32.2. The van der Waals surface area contributed by atoms with Crippen LogP contribution in [0.2, 0.25) is 0 Å². The molecule has 1 aromatic heterocycles. The summed E-state index contributed by atoms with van der Waals surface area (Å²) in [5, 5.41) is 20.2. The van der Waals surface area contributed by atoms with Gasteiger partial charge in [0.05, 0.1) is 6.54 Å². The quantitative estimate of drug-likeness (QED) is 0.565. The number of ether oxygens (including phenoxy) is 2. The van der Waals surface area contributed by atoms with Gasteiger partial charge in [-0.3, -0.25) is 4.79 Å². The zero-order valence-electron chi connectivity index (χ0n) is 11.5. The standard InChI is InChI=1S/C12H18N2O5S/c1-6-4-14(12(20-3)13-10(6)17)5-7-8(15)9(16)11(18-2)19-7/h4,7-9,11,15-16H,5H2,1-3H3. The van der Waals surface area contributed by atoms with Crippen LogP contribution >= 0.6 is 11.8 Å². The fourth-order valence-electron chi connectivity index (χ4n) is 2.13. The molecule has 1 aromatic rings. The van der Waals surface area contributed by atoms with Crippen molar-refractivity contribution in [2.45, 2.75) is 43.2 Å². The lowest BCUT2D eigenvalue weighted by Gasteiger charge is -2.18. The molecule has 20 heavy (non-hydrogen) atoms. The number of methoxy groups -OCH3 is 1. The Morgan fingerprint density at radius 1 is 1.50 bits per heavy atom. The smallest absolute Gasteiger partial charge is 0.276 e. The molecule has 112 valence electrons. The summed E-state index contributed by atoms with van der Waals surface area (Å²) in [4.78, 5) is 15.5. The van der Waals surface area contributed by atoms with Gasteiger partial charge in [-0.15, -0.1) is 0 Å². The summed E-state index contributed by atoms with van der Waals surface area (Å²) in [6.45, 7) is 1.96. The van der Waals surface area contributed by atoms with Crippen molar-refractivity contribution >= 4 is 11.8 Å². The minimum absolute atomic E-state index is 0.270. The van der Waals surface area contributed by atoms with Gasteiger partial charge >= 0.3 is 0 Å². The molecule has 4 unspecified atom stereocenters. The Morgan fingerprint density at radius 2 is 2.20 bits per heavy atom. The van der Waals surface area contributed by atoms with Gasteiger partial charge in [0.1, 0.15) is 18.3 Å². The first kappa shape index (κ1) is 15.5. The predicted molar refractivity (Wildman–Crippen MR) is 72.7 cm³/mol. The van der Waals surface area contributed by atoms with Crippen LogP contribution in [0.4, 0.5) is 0 Å². The lowest BCUT2D eigenvalue weighted by Crippen LogP contribution is -2.35. The van der Waals surface area contributed by atoms with Crippen LogP contribution in [-0.4, -0.2) is 57.7 Å². The summed E-state index contributed by atoms with van der Waals surface area (Å²) >= 11 is 1.33. The third-order valence-corrected chi connectivity index (χ3v) is 3.93. The maximum atomic E-state index is 11.5. The van der Waals surface area contributed by atoms with E-state index >= 15 is 0 Å². The number of rotatable bonds is 4. The summed E-state index contributed by atoms with van der Waals surface area (Å²) in [7, 11) is 1.40. The van der Waals surface area contributed by atoms with Gasteiger partial charge in [-0.05, 0) is 13.2 Å². The first-order valence-electron chi connectivity index (χ1n) is 6.14. The zero-order valence-corrected chi connectivity index (χ0v) is 12.3. The summed E-state index contributed by atoms with van der Waals surface area (Å²) in [5.74, 6) is 0. The van der Waals surface area contributed by atoms with E-state index in [1.165, 1.54) is 18.9 Å². The molecule has 1 aliphatic heterocycles. The molecule has 0 amide bonds. The van der Waals surface area contributed by atoms with E-state index in [1.54, 1.807) is 17.7 Å². The Balaban J connectivity index is 2.22. The molecule has 1 saturated heterocycles. The molecule has 2 N–H and O–H groups in total. The van der Waals surface area contributed by atoms with Crippen molar-refractivity contribution in [1.82, 2.24) is 9.55 Å². The van der Waals surface area contributed by atoms with Gasteiger partial charge in [-0.2, -0.15) is 4.98 Å². The molecule has 0 bridgehead atoms. The molecular formula is C12H18N2O5S. The first-order valence-corrected chi connectivity index (χ1v) is 7.37. The molecular weight excluding hydrogens is 284 g/mol. The number of thioether (sulfide) groups is 1. The fraction of sp³-hybridized carbons (Fsp3) is 0.667. The maximum Gasteiger partial charge on any atom is 0.276 e. The molecule has 2 rings (SSSR count). The molecule has 2 heterocycles. The minimum atomic E-state index is -1.09. The second-order valence-electron chi connectivity index (χ2n) is 4.63. The van der Waals surface area contributed by atoms with Crippen LogP contribution in [0.25, 0.3) is 0 Å². The summed E-state index contributed by atoms with van der Waals surface area (Å²) in [5.41, 5.74) is 0.243. The monoisotopic (exact) mass is 302 g/mol. The van der Waals surface area contributed by atoms with E-state index in [-0.39, 0.29) is 12.1 Å². The number of aliphatic hydroxyl groups excluding tert-OH is 2. The van der Waals surface area contributed by atoms with Crippen molar-refractivity contribution in [2.24, 2.45) is 0 Å². The average Bonchev–Trinajstić information content (AvgIpc) is 2.70. The van der Waals surface area contributed by atoms with Gasteiger partial charge in [-0.1, -0.05) is 11.8 Å². The number of hydrogen-bond acceptors (Lipinski definition) is 7. The normalized spacial score (nSPS) is 29.9. The van der Waals surface area contributed by atoms with Crippen molar-refractivity contribution in [3.8, 4) is 0 Å². The molecule has 0 spiro atoms. The molecule has 7 nitrogen and oxygen atoms in total. The minimum Gasteiger partial charge on any atom is -0.387 e. The molecule has 8 heteroatoms.